The van der Waals surface area contributed by atoms with Gasteiger partial charge in [-0.2, -0.15) is 0 Å². The van der Waals surface area contributed by atoms with Crippen LogP contribution in [-0.4, -0.2) is 87.0 Å². The highest BCUT2D eigenvalue weighted by Gasteiger charge is 2.40. The molecule has 0 bridgehead atoms. The summed E-state index contributed by atoms with van der Waals surface area (Å²) >= 11 is 0. The number of nitrogens with two attached hydrogens (primary N) is 2. The zero-order chi connectivity index (χ0) is 19.6. The van der Waals surface area contributed by atoms with Gasteiger partial charge >= 0.3 is 0 Å². The largest absolute Gasteiger partial charge is 0.370 e. The van der Waals surface area contributed by atoms with Gasteiger partial charge in [0.25, 0.3) is 0 Å². The summed E-state index contributed by atoms with van der Waals surface area (Å²) in [5.74, 6) is -0.360. The molecule has 2 saturated heterocycles. The van der Waals surface area contributed by atoms with E-state index in [1.165, 1.54) is 0 Å². The van der Waals surface area contributed by atoms with Crippen molar-refractivity contribution in [1.82, 2.24) is 26.2 Å². The predicted molar refractivity (Wildman–Crippen MR) is 103 cm³/mol. The molecule has 9 nitrogen and oxygen atoms in total. The number of carbonyl (C=O) groups is 1. The minimum Gasteiger partial charge on any atom is -0.370 e. The summed E-state index contributed by atoms with van der Waals surface area (Å²) in [5, 5.41) is 12.8. The van der Waals surface area contributed by atoms with Gasteiger partial charge in [-0.25, -0.2) is 4.39 Å². The lowest BCUT2D eigenvalue weighted by Gasteiger charge is -2.40. The number of piperidine rings is 1. The van der Waals surface area contributed by atoms with Gasteiger partial charge in [-0.15, -0.1) is 0 Å². The number of hydrogen-bond acceptors (Lipinski definition) is 8. The molecule has 1 amide bonds. The van der Waals surface area contributed by atoms with Crippen LogP contribution in [0.15, 0.2) is 4.99 Å². The van der Waals surface area contributed by atoms with E-state index in [9.17, 15) is 9.18 Å². The Morgan fingerprint density at radius 3 is 2.74 bits per heavy atom. The predicted octanol–water partition coefficient (Wildman–Crippen LogP) is -2.47. The Morgan fingerprint density at radius 1 is 1.37 bits per heavy atom. The normalized spacial score (nSPS) is 36.2. The SMILES string of the molecule is CC1NCC(C2CCNCC2NC(=O)C(C2=NCC(F)CN2)C(N)N)N1C. The van der Waals surface area contributed by atoms with Crippen molar-refractivity contribution >= 4 is 11.7 Å². The van der Waals surface area contributed by atoms with Gasteiger partial charge in [0, 0.05) is 31.7 Å². The van der Waals surface area contributed by atoms with Gasteiger partial charge in [-0.1, -0.05) is 0 Å². The summed E-state index contributed by atoms with van der Waals surface area (Å²) in [6.45, 7) is 4.84. The number of hydrogen-bond donors (Lipinski definition) is 6. The van der Waals surface area contributed by atoms with Crippen LogP contribution >= 0.6 is 0 Å². The van der Waals surface area contributed by atoms with Crippen molar-refractivity contribution in [1.29, 1.82) is 0 Å². The summed E-state index contributed by atoms with van der Waals surface area (Å²) in [4.78, 5) is 19.5. The first-order chi connectivity index (χ1) is 12.9. The molecule has 2 fully saturated rings. The highest BCUT2D eigenvalue weighted by Crippen LogP contribution is 2.25. The summed E-state index contributed by atoms with van der Waals surface area (Å²) in [6, 6.07) is 0.333. The molecule has 0 radical (unpaired) electrons. The van der Waals surface area contributed by atoms with Gasteiger partial charge in [-0.3, -0.25) is 14.7 Å². The smallest absolute Gasteiger partial charge is 0.233 e. The van der Waals surface area contributed by atoms with E-state index < -0.39 is 18.3 Å². The number of aliphatic imine (C=N–C) groups is 1. The molecule has 0 aromatic heterocycles. The first-order valence-corrected chi connectivity index (χ1v) is 9.78. The van der Waals surface area contributed by atoms with E-state index in [0.29, 0.717) is 30.5 Å². The van der Waals surface area contributed by atoms with Crippen LogP contribution in [0.5, 0.6) is 0 Å². The second-order valence-electron chi connectivity index (χ2n) is 7.85. The third-order valence-electron chi connectivity index (χ3n) is 6.04. The summed E-state index contributed by atoms with van der Waals surface area (Å²) in [7, 11) is 2.11. The molecular formula is C17H33FN8O. The molecule has 3 rings (SSSR count). The van der Waals surface area contributed by atoms with E-state index in [0.717, 1.165) is 19.5 Å². The molecule has 10 heteroatoms. The Bertz CT molecular complexity index is 559. The molecule has 0 aromatic rings. The number of nitrogens with zero attached hydrogens (tertiary/aromatic N) is 2. The lowest BCUT2D eigenvalue weighted by Crippen LogP contribution is -2.61. The fourth-order valence-corrected chi connectivity index (χ4v) is 4.31. The Morgan fingerprint density at radius 2 is 2.15 bits per heavy atom. The van der Waals surface area contributed by atoms with Crippen LogP contribution in [-0.2, 0) is 4.79 Å². The molecule has 3 aliphatic heterocycles. The average molecular weight is 385 g/mol. The second-order valence-corrected chi connectivity index (χ2v) is 7.85. The number of rotatable bonds is 5. The topological polar surface area (TPSA) is 133 Å². The van der Waals surface area contributed by atoms with E-state index in [-0.39, 0.29) is 25.0 Å². The van der Waals surface area contributed by atoms with Crippen LogP contribution in [0.25, 0.3) is 0 Å². The zero-order valence-corrected chi connectivity index (χ0v) is 16.1. The second kappa shape index (κ2) is 8.78. The molecule has 0 saturated carbocycles. The third kappa shape index (κ3) is 4.57. The van der Waals surface area contributed by atoms with Crippen molar-refractivity contribution < 1.29 is 9.18 Å². The molecular weight excluding hydrogens is 351 g/mol. The van der Waals surface area contributed by atoms with E-state index >= 15 is 0 Å². The Labute approximate surface area is 159 Å². The number of amides is 1. The Kier molecular flexibility index (Phi) is 6.64. The standard InChI is InChI=1S/C17H33FN8O/c1-9-22-8-13(26(9)2)11-3-4-21-7-12(11)25-17(27)14(15(19)20)16-23-5-10(18)6-24-16/h9-15,21-22H,3-8,19-20H2,1-2H3,(H,23,24)(H,25,27). The van der Waals surface area contributed by atoms with Crippen molar-refractivity contribution in [2.45, 2.75) is 43.9 Å². The highest BCUT2D eigenvalue weighted by atomic mass is 19.1. The van der Waals surface area contributed by atoms with Gasteiger partial charge in [-0.05, 0) is 32.9 Å². The quantitative estimate of drug-likeness (QED) is 0.289. The number of nitrogens with one attached hydrogen (secondary N) is 4. The summed E-state index contributed by atoms with van der Waals surface area (Å²) < 4.78 is 13.3. The van der Waals surface area contributed by atoms with Gasteiger partial charge in [0.2, 0.25) is 5.91 Å². The van der Waals surface area contributed by atoms with Crippen molar-refractivity contribution in [3.63, 3.8) is 0 Å². The van der Waals surface area contributed by atoms with Crippen LogP contribution in [0.1, 0.15) is 13.3 Å². The minimum absolute atomic E-state index is 0.0230. The van der Waals surface area contributed by atoms with Crippen LogP contribution in [0, 0.1) is 11.8 Å². The molecule has 27 heavy (non-hydrogen) atoms. The van der Waals surface area contributed by atoms with E-state index in [1.807, 2.05) is 0 Å². The van der Waals surface area contributed by atoms with Crippen LogP contribution < -0.4 is 32.7 Å². The average Bonchev–Trinajstić information content (AvgIpc) is 2.96. The first kappa shape index (κ1) is 20.4. The number of halogens is 1. The molecule has 3 aliphatic rings. The molecule has 6 unspecified atom stereocenters. The third-order valence-corrected chi connectivity index (χ3v) is 6.04. The van der Waals surface area contributed by atoms with Gasteiger partial charge in [0.1, 0.15) is 17.9 Å². The maximum atomic E-state index is 13.3. The molecule has 0 spiro atoms. The van der Waals surface area contributed by atoms with Crippen molar-refractivity contribution in [2.75, 3.05) is 39.8 Å². The molecule has 154 valence electrons. The Balaban J connectivity index is 1.69. The number of likely N-dealkylation sites (N-methyl/N-ethyl adjacent to an activating group) is 1. The minimum atomic E-state index is -1.05. The fourth-order valence-electron chi connectivity index (χ4n) is 4.31. The van der Waals surface area contributed by atoms with E-state index in [2.05, 4.69) is 45.1 Å². The lowest BCUT2D eigenvalue weighted by atomic mass is 9.85. The lowest BCUT2D eigenvalue weighted by molar-refractivity contribution is -0.125. The monoisotopic (exact) mass is 384 g/mol. The fraction of sp³-hybridized carbons (Fsp3) is 0.882. The molecule has 6 atom stereocenters. The molecule has 0 aromatic carbocycles. The van der Waals surface area contributed by atoms with Crippen LogP contribution in [0.4, 0.5) is 4.39 Å². The molecule has 8 N–H and O–H groups in total. The summed E-state index contributed by atoms with van der Waals surface area (Å²) in [6.07, 6.45) is -0.652. The van der Waals surface area contributed by atoms with Crippen molar-refractivity contribution in [2.24, 2.45) is 28.3 Å². The zero-order valence-electron chi connectivity index (χ0n) is 16.1. The highest BCUT2D eigenvalue weighted by molar-refractivity contribution is 6.04. The molecule has 3 heterocycles. The van der Waals surface area contributed by atoms with E-state index in [1.54, 1.807) is 0 Å². The van der Waals surface area contributed by atoms with Gasteiger partial charge in [0.15, 0.2) is 0 Å². The Hall–Kier alpha value is -1.33. The van der Waals surface area contributed by atoms with E-state index in [4.69, 9.17) is 11.5 Å². The van der Waals surface area contributed by atoms with Gasteiger partial charge < -0.3 is 32.7 Å². The number of alkyl halides is 1. The maximum absolute atomic E-state index is 13.3. The van der Waals surface area contributed by atoms with Crippen molar-refractivity contribution in [3.05, 3.63) is 0 Å². The van der Waals surface area contributed by atoms with Crippen LogP contribution in [0.3, 0.4) is 0 Å². The molecule has 0 aliphatic carbocycles. The van der Waals surface area contributed by atoms with Crippen LogP contribution in [0.2, 0.25) is 0 Å². The first-order valence-electron chi connectivity index (χ1n) is 9.78. The van der Waals surface area contributed by atoms with Crippen molar-refractivity contribution in [3.8, 4) is 0 Å². The maximum Gasteiger partial charge on any atom is 0.233 e. The number of amidine groups is 1. The van der Waals surface area contributed by atoms with Gasteiger partial charge in [0.05, 0.1) is 18.9 Å². The number of carbonyl (C=O) groups excluding carboxylic acids is 1. The summed E-state index contributed by atoms with van der Waals surface area (Å²) in [5.41, 5.74) is 11.7.